The van der Waals surface area contributed by atoms with Crippen molar-refractivity contribution in [3.8, 4) is 11.5 Å². The molecule has 1 fully saturated rings. The van der Waals surface area contributed by atoms with E-state index in [2.05, 4.69) is 20.3 Å². The number of aliphatic hydroxyl groups excluding tert-OH is 3. The van der Waals surface area contributed by atoms with Crippen LogP contribution in [0.5, 0.6) is 11.5 Å². The number of benzene rings is 1. The number of esters is 1. The monoisotopic (exact) mass is 559 g/mol. The normalized spacial score (nSPS) is 21.3. The maximum atomic E-state index is 11.9. The van der Waals surface area contributed by atoms with E-state index >= 15 is 0 Å². The van der Waals surface area contributed by atoms with Gasteiger partial charge in [0.1, 0.15) is 24.6 Å². The lowest BCUT2D eigenvalue weighted by Crippen LogP contribution is -2.38. The van der Waals surface area contributed by atoms with E-state index in [0.717, 1.165) is 5.56 Å². The highest BCUT2D eigenvalue weighted by molar-refractivity contribution is 5.82. The molecule has 0 radical (unpaired) electrons. The summed E-state index contributed by atoms with van der Waals surface area (Å²) < 4.78 is 18.0. The van der Waals surface area contributed by atoms with Gasteiger partial charge in [0.25, 0.3) is 0 Å². The average molecular weight is 560 g/mol. The second-order valence-electron chi connectivity index (χ2n) is 9.43. The molecule has 0 aliphatic carbocycles. The summed E-state index contributed by atoms with van der Waals surface area (Å²) in [7, 11) is 1.49. The molecule has 1 saturated heterocycles. The molecule has 4 rings (SSSR count). The molecule has 3 aromatic rings. The van der Waals surface area contributed by atoms with E-state index in [-0.39, 0.29) is 25.2 Å². The third-order valence-electron chi connectivity index (χ3n) is 6.54. The van der Waals surface area contributed by atoms with Crippen LogP contribution in [0.1, 0.15) is 50.8 Å². The van der Waals surface area contributed by atoms with E-state index in [9.17, 15) is 24.9 Å². The summed E-state index contributed by atoms with van der Waals surface area (Å²) in [6.45, 7) is 2.21. The lowest BCUT2D eigenvalue weighted by molar-refractivity contribution is -0.137. The number of aromatic nitrogens is 4. The maximum Gasteiger partial charge on any atom is 0.311 e. The van der Waals surface area contributed by atoms with Crippen LogP contribution in [0.15, 0.2) is 30.9 Å². The van der Waals surface area contributed by atoms with Gasteiger partial charge >= 0.3 is 11.9 Å². The second kappa shape index (κ2) is 13.0. The fourth-order valence-corrected chi connectivity index (χ4v) is 4.50. The van der Waals surface area contributed by atoms with Gasteiger partial charge in [0.2, 0.25) is 0 Å². The molecule has 0 bridgehead atoms. The summed E-state index contributed by atoms with van der Waals surface area (Å²) in [5, 5.41) is 43.6. The van der Waals surface area contributed by atoms with E-state index in [1.165, 1.54) is 24.3 Å². The number of hydrogen-bond donors (Lipinski definition) is 5. The molecule has 1 aliphatic rings. The first-order chi connectivity index (χ1) is 19.2. The van der Waals surface area contributed by atoms with Crippen LogP contribution in [0, 0.1) is 0 Å². The number of carbonyl (C=O) groups excluding carboxylic acids is 1. The van der Waals surface area contributed by atoms with Crippen LogP contribution in [0.25, 0.3) is 11.2 Å². The minimum atomic E-state index is -1.40. The topological polar surface area (TPSA) is 198 Å². The van der Waals surface area contributed by atoms with Gasteiger partial charge in [-0.3, -0.25) is 14.2 Å². The maximum absolute atomic E-state index is 11.9. The number of aliphatic carboxylic acids is 1. The van der Waals surface area contributed by atoms with E-state index < -0.39 is 36.6 Å². The van der Waals surface area contributed by atoms with Crippen LogP contribution >= 0.6 is 0 Å². The number of hydrogen-bond acceptors (Lipinski definition) is 12. The number of rotatable bonds is 13. The van der Waals surface area contributed by atoms with Crippen molar-refractivity contribution in [1.82, 2.24) is 19.5 Å². The smallest absolute Gasteiger partial charge is 0.311 e. The Morgan fingerprint density at radius 2 is 1.95 bits per heavy atom. The summed E-state index contributed by atoms with van der Waals surface area (Å²) >= 11 is 0. The number of methoxy groups -OCH3 is 1. The zero-order valence-corrected chi connectivity index (χ0v) is 22.1. The van der Waals surface area contributed by atoms with Crippen molar-refractivity contribution in [3.63, 3.8) is 0 Å². The number of fused-ring (bicyclic) bond motifs is 1. The molecule has 40 heavy (non-hydrogen) atoms. The number of imidazole rings is 1. The standard InChI is InChI=1S/C26H33N5O9/c1-3-5-19(35)39-16-9-8-14(10-17(16)38-2)11-27-24-20-25(29-12-28-24)31(13-30-20)26-22(37)21(36)23(40-26)15(32)6-4-7-18(33)34/h8-10,12-13,15,21-23,26,32,36-37H,3-7,11H2,1-2H3,(H,33,34)(H,27,28,29)/t15?,21-,22+,23+,26+/m0/s1. The first kappa shape index (κ1) is 29.1. The van der Waals surface area contributed by atoms with Gasteiger partial charge in [0.05, 0.1) is 19.5 Å². The lowest BCUT2D eigenvalue weighted by Gasteiger charge is -2.20. The number of anilines is 1. The summed E-state index contributed by atoms with van der Waals surface area (Å²) in [5.41, 5.74) is 1.52. The molecule has 14 heteroatoms. The van der Waals surface area contributed by atoms with Crippen molar-refractivity contribution in [2.24, 2.45) is 0 Å². The number of nitrogens with zero attached hydrogens (tertiary/aromatic N) is 4. The molecular formula is C26H33N5O9. The Labute approximate surface area is 229 Å². The van der Waals surface area contributed by atoms with Crippen LogP contribution in [-0.4, -0.2) is 83.4 Å². The van der Waals surface area contributed by atoms with Crippen LogP contribution in [0.4, 0.5) is 5.82 Å². The molecule has 1 aliphatic heterocycles. The zero-order chi connectivity index (χ0) is 28.8. The van der Waals surface area contributed by atoms with Crippen molar-refractivity contribution >= 4 is 28.9 Å². The van der Waals surface area contributed by atoms with Crippen LogP contribution in [-0.2, 0) is 20.9 Å². The van der Waals surface area contributed by atoms with Crippen molar-refractivity contribution in [1.29, 1.82) is 0 Å². The average Bonchev–Trinajstić information content (AvgIpc) is 3.48. The molecule has 216 valence electrons. The first-order valence-electron chi connectivity index (χ1n) is 12.9. The van der Waals surface area contributed by atoms with Crippen molar-refractivity contribution < 1.29 is 44.2 Å². The predicted molar refractivity (Wildman–Crippen MR) is 140 cm³/mol. The molecular weight excluding hydrogens is 526 g/mol. The number of carbonyl (C=O) groups is 2. The minimum absolute atomic E-state index is 0.0846. The van der Waals surface area contributed by atoms with Gasteiger partial charge in [-0.1, -0.05) is 13.0 Å². The second-order valence-corrected chi connectivity index (χ2v) is 9.43. The van der Waals surface area contributed by atoms with E-state index in [0.29, 0.717) is 47.9 Å². The van der Waals surface area contributed by atoms with Crippen LogP contribution < -0.4 is 14.8 Å². The van der Waals surface area contributed by atoms with Crippen molar-refractivity contribution in [2.75, 3.05) is 12.4 Å². The minimum Gasteiger partial charge on any atom is -0.493 e. The van der Waals surface area contributed by atoms with Gasteiger partial charge in [-0.05, 0) is 37.0 Å². The Bertz CT molecular complexity index is 1330. The molecule has 2 aromatic heterocycles. The third-order valence-corrected chi connectivity index (χ3v) is 6.54. The van der Waals surface area contributed by atoms with Gasteiger partial charge in [-0.15, -0.1) is 0 Å². The number of carboxylic acids is 1. The number of aliphatic hydroxyl groups is 3. The largest absolute Gasteiger partial charge is 0.493 e. The van der Waals surface area contributed by atoms with Crippen LogP contribution in [0.3, 0.4) is 0 Å². The summed E-state index contributed by atoms with van der Waals surface area (Å²) in [4.78, 5) is 35.5. The van der Waals surface area contributed by atoms with Crippen LogP contribution in [0.2, 0.25) is 0 Å². The number of ether oxygens (including phenoxy) is 3. The summed E-state index contributed by atoms with van der Waals surface area (Å²) in [5.74, 6) is -0.189. The Balaban J connectivity index is 1.46. The Kier molecular flexibility index (Phi) is 9.47. The third kappa shape index (κ3) is 6.47. The first-order valence-corrected chi connectivity index (χ1v) is 12.9. The van der Waals surface area contributed by atoms with E-state index in [1.54, 1.807) is 18.2 Å². The Morgan fingerprint density at radius 1 is 1.15 bits per heavy atom. The molecule has 14 nitrogen and oxygen atoms in total. The Hall–Kier alpha value is -3.85. The summed E-state index contributed by atoms with van der Waals surface area (Å²) in [6.07, 6.45) is -2.33. The van der Waals surface area contributed by atoms with E-state index in [4.69, 9.17) is 19.3 Å². The fourth-order valence-electron chi connectivity index (χ4n) is 4.50. The Morgan fingerprint density at radius 3 is 2.67 bits per heavy atom. The lowest BCUT2D eigenvalue weighted by atomic mass is 10.0. The van der Waals surface area contributed by atoms with Gasteiger partial charge in [0, 0.05) is 19.4 Å². The molecule has 1 aromatic carbocycles. The van der Waals surface area contributed by atoms with Gasteiger partial charge in [0.15, 0.2) is 34.7 Å². The molecule has 5 N–H and O–H groups in total. The SMILES string of the molecule is CCCC(=O)Oc1ccc(CNc2ncnc3c2ncn3[C@@H]2O[C@H](C(O)CCCC(=O)O)[C@@H](O)[C@H]2O)cc1OC. The van der Waals surface area contributed by atoms with Gasteiger partial charge < -0.3 is 40.0 Å². The molecule has 1 unspecified atom stereocenters. The molecule has 0 amide bonds. The molecule has 0 spiro atoms. The highest BCUT2D eigenvalue weighted by Crippen LogP contribution is 2.35. The quantitative estimate of drug-likeness (QED) is 0.149. The van der Waals surface area contributed by atoms with Gasteiger partial charge in [-0.25, -0.2) is 15.0 Å². The highest BCUT2D eigenvalue weighted by atomic mass is 16.6. The molecule has 3 heterocycles. The van der Waals surface area contributed by atoms with Crippen molar-refractivity contribution in [3.05, 3.63) is 36.4 Å². The number of carboxylic acid groups (broad SMARTS) is 1. The zero-order valence-electron chi connectivity index (χ0n) is 22.1. The van der Waals surface area contributed by atoms with E-state index in [1.807, 2.05) is 6.92 Å². The van der Waals surface area contributed by atoms with Crippen molar-refractivity contribution in [2.45, 2.75) is 76.2 Å². The fraction of sp³-hybridized carbons (Fsp3) is 0.500. The summed E-state index contributed by atoms with van der Waals surface area (Å²) in [6, 6.07) is 5.18. The predicted octanol–water partition coefficient (Wildman–Crippen LogP) is 1.39. The molecule has 5 atom stereocenters. The highest BCUT2D eigenvalue weighted by Gasteiger charge is 2.47. The number of nitrogens with one attached hydrogen (secondary N) is 1. The van der Waals surface area contributed by atoms with Gasteiger partial charge in [-0.2, -0.15) is 0 Å². The molecule has 0 saturated carbocycles.